The Balaban J connectivity index is 1.90. The van der Waals surface area contributed by atoms with Gasteiger partial charge in [-0.25, -0.2) is 0 Å². The quantitative estimate of drug-likeness (QED) is 0.499. The van der Waals surface area contributed by atoms with Crippen LogP contribution in [-0.4, -0.2) is 20.6 Å². The first kappa shape index (κ1) is 17.9. The van der Waals surface area contributed by atoms with Crippen LogP contribution in [0.1, 0.15) is 27.3 Å². The molecule has 0 atom stereocenters. The summed E-state index contributed by atoms with van der Waals surface area (Å²) in [6.07, 6.45) is 0. The fourth-order valence-electron chi connectivity index (χ4n) is 2.55. The van der Waals surface area contributed by atoms with E-state index in [1.165, 1.54) is 34.5 Å². The van der Waals surface area contributed by atoms with E-state index in [9.17, 15) is 14.9 Å². The third-order valence-corrected chi connectivity index (χ3v) is 5.29. The number of hydrogen-bond acceptors (Lipinski definition) is 5. The molecule has 0 fully saturated rings. The van der Waals surface area contributed by atoms with Crippen molar-refractivity contribution in [2.45, 2.75) is 30.6 Å². The molecule has 0 saturated heterocycles. The number of non-ortho nitro benzene ring substituents is 1. The van der Waals surface area contributed by atoms with Gasteiger partial charge in [-0.1, -0.05) is 29.5 Å². The summed E-state index contributed by atoms with van der Waals surface area (Å²) in [6, 6.07) is 13.7. The van der Waals surface area contributed by atoms with Gasteiger partial charge in [-0.3, -0.25) is 14.9 Å². The molecule has 0 saturated carbocycles. The molecule has 132 valence electrons. The first-order valence-corrected chi connectivity index (χ1v) is 8.78. The molecule has 0 aliphatic rings. The van der Waals surface area contributed by atoms with Gasteiger partial charge in [0.05, 0.1) is 21.2 Å². The van der Waals surface area contributed by atoms with Crippen LogP contribution in [-0.2, 0) is 0 Å². The minimum atomic E-state index is -0.492. The molecule has 7 heteroatoms. The van der Waals surface area contributed by atoms with Crippen molar-refractivity contribution in [3.63, 3.8) is 0 Å². The van der Waals surface area contributed by atoms with Crippen molar-refractivity contribution in [2.75, 3.05) is 0 Å². The Kier molecular flexibility index (Phi) is 4.90. The second kappa shape index (κ2) is 7.13. The summed E-state index contributed by atoms with van der Waals surface area (Å²) in [4.78, 5) is 25.0. The predicted octanol–water partition coefficient (Wildman–Crippen LogP) is 4.56. The van der Waals surface area contributed by atoms with Crippen molar-refractivity contribution >= 4 is 23.4 Å². The Morgan fingerprint density at radius 2 is 1.65 bits per heavy atom. The number of carbonyl (C=O) groups is 1. The van der Waals surface area contributed by atoms with E-state index in [1.807, 2.05) is 45.0 Å². The van der Waals surface area contributed by atoms with Crippen molar-refractivity contribution < 1.29 is 9.72 Å². The van der Waals surface area contributed by atoms with Crippen LogP contribution in [0.15, 0.2) is 58.3 Å². The van der Waals surface area contributed by atoms with E-state index in [0.717, 1.165) is 21.2 Å². The van der Waals surface area contributed by atoms with Crippen LogP contribution < -0.4 is 0 Å². The fraction of sp³-hybridized carbons (Fsp3) is 0.158. The van der Waals surface area contributed by atoms with Crippen LogP contribution in [0.2, 0.25) is 0 Å². The van der Waals surface area contributed by atoms with Gasteiger partial charge in [-0.2, -0.15) is 9.78 Å². The zero-order valence-electron chi connectivity index (χ0n) is 14.6. The molecule has 0 radical (unpaired) electrons. The first-order valence-electron chi connectivity index (χ1n) is 7.96. The molecule has 3 aromatic rings. The zero-order valence-corrected chi connectivity index (χ0v) is 15.4. The topological polar surface area (TPSA) is 78.0 Å². The SMILES string of the molecule is Cc1ccc(Sc2c(C)nn(C(=O)c3ccc([N+](=O)[O-])cc3)c2C)cc1. The molecular formula is C19H17N3O3S. The third-order valence-electron chi connectivity index (χ3n) is 3.98. The highest BCUT2D eigenvalue weighted by Crippen LogP contribution is 2.33. The Morgan fingerprint density at radius 3 is 2.23 bits per heavy atom. The number of aryl methyl sites for hydroxylation is 2. The molecule has 0 aliphatic heterocycles. The Bertz CT molecular complexity index is 977. The van der Waals surface area contributed by atoms with E-state index in [-0.39, 0.29) is 11.6 Å². The van der Waals surface area contributed by atoms with Gasteiger partial charge in [-0.15, -0.1) is 0 Å². The zero-order chi connectivity index (χ0) is 18.8. The summed E-state index contributed by atoms with van der Waals surface area (Å²) < 4.78 is 1.35. The van der Waals surface area contributed by atoms with E-state index in [0.29, 0.717) is 5.56 Å². The lowest BCUT2D eigenvalue weighted by atomic mass is 10.2. The van der Waals surface area contributed by atoms with Gasteiger partial charge in [0.15, 0.2) is 0 Å². The van der Waals surface area contributed by atoms with Crippen LogP contribution >= 0.6 is 11.8 Å². The van der Waals surface area contributed by atoms with E-state index >= 15 is 0 Å². The van der Waals surface area contributed by atoms with Gasteiger partial charge >= 0.3 is 0 Å². The van der Waals surface area contributed by atoms with Gasteiger partial charge in [0.1, 0.15) is 0 Å². The highest BCUT2D eigenvalue weighted by atomic mass is 32.2. The molecule has 0 unspecified atom stereocenters. The van der Waals surface area contributed by atoms with E-state index < -0.39 is 4.92 Å². The van der Waals surface area contributed by atoms with Crippen LogP contribution in [0.5, 0.6) is 0 Å². The lowest BCUT2D eigenvalue weighted by molar-refractivity contribution is -0.384. The van der Waals surface area contributed by atoms with E-state index in [1.54, 1.807) is 11.8 Å². The summed E-state index contributed by atoms with van der Waals surface area (Å²) in [5, 5.41) is 15.1. The predicted molar refractivity (Wildman–Crippen MR) is 99.8 cm³/mol. The highest BCUT2D eigenvalue weighted by molar-refractivity contribution is 7.99. The summed E-state index contributed by atoms with van der Waals surface area (Å²) in [6.45, 7) is 5.74. The number of rotatable bonds is 4. The number of nitro groups is 1. The standard InChI is InChI=1S/C19H17N3O3S/c1-12-4-10-17(11-5-12)26-18-13(2)20-21(14(18)3)19(23)15-6-8-16(9-7-15)22(24)25/h4-11H,1-3H3. The monoisotopic (exact) mass is 367 g/mol. The summed E-state index contributed by atoms with van der Waals surface area (Å²) >= 11 is 1.56. The normalized spacial score (nSPS) is 10.7. The van der Waals surface area contributed by atoms with Gasteiger partial charge < -0.3 is 0 Å². The van der Waals surface area contributed by atoms with Gasteiger partial charge in [0, 0.05) is 22.6 Å². The molecule has 3 rings (SSSR count). The van der Waals surface area contributed by atoms with Crippen molar-refractivity contribution in [1.82, 2.24) is 9.78 Å². The number of aromatic nitrogens is 2. The molecule has 1 aromatic heterocycles. The van der Waals surface area contributed by atoms with Crippen molar-refractivity contribution in [3.05, 3.63) is 81.2 Å². The lowest BCUT2D eigenvalue weighted by Crippen LogP contribution is -2.15. The molecule has 1 heterocycles. The fourth-order valence-corrected chi connectivity index (χ4v) is 3.48. The van der Waals surface area contributed by atoms with Gasteiger partial charge in [0.2, 0.25) is 0 Å². The second-order valence-electron chi connectivity index (χ2n) is 5.94. The first-order chi connectivity index (χ1) is 12.4. The number of carbonyl (C=O) groups excluding carboxylic acids is 1. The summed E-state index contributed by atoms with van der Waals surface area (Å²) in [7, 11) is 0. The van der Waals surface area contributed by atoms with Crippen LogP contribution in [0.3, 0.4) is 0 Å². The molecule has 0 amide bonds. The lowest BCUT2D eigenvalue weighted by Gasteiger charge is -2.05. The van der Waals surface area contributed by atoms with Crippen LogP contribution in [0.25, 0.3) is 0 Å². The molecular weight excluding hydrogens is 350 g/mol. The number of benzene rings is 2. The largest absolute Gasteiger partial charge is 0.278 e. The Labute approximate surface area is 155 Å². The van der Waals surface area contributed by atoms with Crippen molar-refractivity contribution in [3.8, 4) is 0 Å². The number of nitro benzene ring substituents is 1. The van der Waals surface area contributed by atoms with Gasteiger partial charge in [-0.05, 0) is 45.0 Å². The molecule has 26 heavy (non-hydrogen) atoms. The highest BCUT2D eigenvalue weighted by Gasteiger charge is 2.19. The smallest absolute Gasteiger partial charge is 0.267 e. The maximum Gasteiger partial charge on any atom is 0.278 e. The summed E-state index contributed by atoms with van der Waals surface area (Å²) in [5.74, 6) is -0.309. The maximum absolute atomic E-state index is 12.7. The molecule has 0 spiro atoms. The minimum absolute atomic E-state index is 0.0504. The third kappa shape index (κ3) is 3.52. The molecule has 0 aliphatic carbocycles. The summed E-state index contributed by atoms with van der Waals surface area (Å²) in [5.41, 5.74) is 3.00. The number of nitrogens with zero attached hydrogens (tertiary/aromatic N) is 3. The average molecular weight is 367 g/mol. The molecule has 2 aromatic carbocycles. The van der Waals surface area contributed by atoms with Crippen molar-refractivity contribution in [1.29, 1.82) is 0 Å². The van der Waals surface area contributed by atoms with E-state index in [4.69, 9.17) is 0 Å². The molecule has 0 bridgehead atoms. The van der Waals surface area contributed by atoms with Crippen LogP contribution in [0.4, 0.5) is 5.69 Å². The molecule has 6 nitrogen and oxygen atoms in total. The van der Waals surface area contributed by atoms with Crippen molar-refractivity contribution in [2.24, 2.45) is 0 Å². The maximum atomic E-state index is 12.7. The van der Waals surface area contributed by atoms with Gasteiger partial charge in [0.25, 0.3) is 11.6 Å². The Hall–Kier alpha value is -2.93. The minimum Gasteiger partial charge on any atom is -0.267 e. The number of hydrogen-bond donors (Lipinski definition) is 0. The second-order valence-corrected chi connectivity index (χ2v) is 7.02. The Morgan fingerprint density at radius 1 is 1.04 bits per heavy atom. The van der Waals surface area contributed by atoms with Crippen LogP contribution in [0, 0.1) is 30.9 Å². The van der Waals surface area contributed by atoms with E-state index in [2.05, 4.69) is 5.10 Å². The molecule has 0 N–H and O–H groups in total. The average Bonchev–Trinajstić information content (AvgIpc) is 2.91.